The van der Waals surface area contributed by atoms with E-state index in [1.54, 1.807) is 4.90 Å². The van der Waals surface area contributed by atoms with Crippen LogP contribution in [0.2, 0.25) is 0 Å². The quantitative estimate of drug-likeness (QED) is 0.882. The molecule has 1 amide bonds. The summed E-state index contributed by atoms with van der Waals surface area (Å²) >= 11 is 0. The monoisotopic (exact) mass is 349 g/mol. The number of nitriles is 1. The number of nitrogens with zero attached hydrogens (tertiary/aromatic N) is 3. The van der Waals surface area contributed by atoms with Gasteiger partial charge < -0.3 is 15.4 Å². The molecule has 0 saturated heterocycles. The fraction of sp³-hybridized carbons (Fsp3) is 0.316. The van der Waals surface area contributed by atoms with Crippen LogP contribution in [0.25, 0.3) is 0 Å². The van der Waals surface area contributed by atoms with E-state index >= 15 is 0 Å². The van der Waals surface area contributed by atoms with E-state index in [-0.39, 0.29) is 23.2 Å². The van der Waals surface area contributed by atoms with E-state index in [0.717, 1.165) is 23.4 Å². The van der Waals surface area contributed by atoms with Crippen molar-refractivity contribution in [1.82, 2.24) is 10.2 Å². The minimum atomic E-state index is -1.31. The highest BCUT2D eigenvalue weighted by Crippen LogP contribution is 2.55. The van der Waals surface area contributed by atoms with Crippen molar-refractivity contribution in [3.05, 3.63) is 52.5 Å². The van der Waals surface area contributed by atoms with Gasteiger partial charge in [0.2, 0.25) is 17.7 Å². The Hall–Kier alpha value is -3.27. The van der Waals surface area contributed by atoms with Gasteiger partial charge in [-0.15, -0.1) is 5.10 Å². The summed E-state index contributed by atoms with van der Waals surface area (Å²) in [6.45, 7) is 4.54. The maximum absolute atomic E-state index is 13.8. The van der Waals surface area contributed by atoms with Gasteiger partial charge in [0.25, 0.3) is 0 Å². The van der Waals surface area contributed by atoms with Gasteiger partial charge in [0.1, 0.15) is 17.1 Å². The van der Waals surface area contributed by atoms with Crippen LogP contribution in [0.3, 0.4) is 0 Å². The van der Waals surface area contributed by atoms with E-state index < -0.39 is 5.41 Å². The summed E-state index contributed by atoms with van der Waals surface area (Å²) in [5.41, 5.74) is 7.79. The maximum Gasteiger partial charge on any atom is 0.247 e. The van der Waals surface area contributed by atoms with E-state index in [2.05, 4.69) is 16.3 Å². The number of carbonyl (C=O) groups excluding carboxylic acids is 1. The zero-order valence-electron chi connectivity index (χ0n) is 14.7. The third kappa shape index (κ3) is 1.76. The van der Waals surface area contributed by atoms with E-state index in [4.69, 9.17) is 10.5 Å². The summed E-state index contributed by atoms with van der Waals surface area (Å²) < 4.78 is 5.58. The molecular formula is C19H19N5O2. The molecule has 0 fully saturated rings. The molecule has 1 aromatic carbocycles. The Kier molecular flexibility index (Phi) is 3.51. The Morgan fingerprint density at radius 1 is 1.38 bits per heavy atom. The second kappa shape index (κ2) is 5.63. The van der Waals surface area contributed by atoms with Crippen LogP contribution in [0, 0.1) is 11.3 Å². The Morgan fingerprint density at radius 3 is 2.85 bits per heavy atom. The molecule has 7 nitrogen and oxygen atoms in total. The number of anilines is 1. The molecule has 1 atom stereocenters. The molecule has 1 unspecified atom stereocenters. The van der Waals surface area contributed by atoms with Crippen molar-refractivity contribution in [2.45, 2.75) is 32.1 Å². The molecule has 0 aliphatic carbocycles. The van der Waals surface area contributed by atoms with Crippen LogP contribution in [-0.4, -0.2) is 22.6 Å². The molecule has 2 aliphatic rings. The van der Waals surface area contributed by atoms with Gasteiger partial charge >= 0.3 is 0 Å². The van der Waals surface area contributed by atoms with Crippen LogP contribution in [0.4, 0.5) is 5.69 Å². The standard InChI is InChI=1S/C19H19N5O2/c1-3-9-24-14-8-6-5-7-11(14)19(18(24)25)12(10-20)16(21)26-17-15(19)13(4-2)22-23-17/h5-8H,3-4,9,21H2,1-2H3,(H,22,23). The molecule has 2 aromatic rings. The SMILES string of the molecule is CCCN1C(=O)C2(C(C#N)=C(N)Oc3n[nH]c(CC)c32)c2ccccc21. The lowest BCUT2D eigenvalue weighted by Crippen LogP contribution is -2.46. The highest BCUT2D eigenvalue weighted by molar-refractivity contribution is 6.14. The number of nitrogens with two attached hydrogens (primary N) is 1. The van der Waals surface area contributed by atoms with E-state index in [0.29, 0.717) is 18.5 Å². The largest absolute Gasteiger partial charge is 0.420 e. The molecule has 0 radical (unpaired) electrons. The number of rotatable bonds is 3. The third-order valence-corrected chi connectivity index (χ3v) is 5.09. The first-order valence-electron chi connectivity index (χ1n) is 8.68. The Balaban J connectivity index is 2.13. The number of aromatic amines is 1. The maximum atomic E-state index is 13.8. The molecule has 26 heavy (non-hydrogen) atoms. The average Bonchev–Trinajstić information content (AvgIpc) is 3.16. The molecule has 3 heterocycles. The van der Waals surface area contributed by atoms with Crippen LogP contribution < -0.4 is 15.4 Å². The van der Waals surface area contributed by atoms with Gasteiger partial charge in [0.05, 0.1) is 5.56 Å². The van der Waals surface area contributed by atoms with E-state index in [1.807, 2.05) is 38.1 Å². The number of para-hydroxylation sites is 1. The van der Waals surface area contributed by atoms with Gasteiger partial charge in [0, 0.05) is 23.5 Å². The number of H-pyrrole nitrogens is 1. The second-order valence-corrected chi connectivity index (χ2v) is 6.41. The number of benzene rings is 1. The zero-order valence-corrected chi connectivity index (χ0v) is 14.7. The average molecular weight is 349 g/mol. The minimum absolute atomic E-state index is 0.0735. The molecule has 132 valence electrons. The minimum Gasteiger partial charge on any atom is -0.420 e. The highest BCUT2D eigenvalue weighted by Gasteiger charge is 2.60. The first kappa shape index (κ1) is 16.2. The molecule has 0 bridgehead atoms. The van der Waals surface area contributed by atoms with Crippen LogP contribution >= 0.6 is 0 Å². The summed E-state index contributed by atoms with van der Waals surface area (Å²) in [6, 6.07) is 9.70. The predicted octanol–water partition coefficient (Wildman–Crippen LogP) is 2.10. The number of aryl methyl sites for hydroxylation is 1. The lowest BCUT2D eigenvalue weighted by molar-refractivity contribution is -0.121. The predicted molar refractivity (Wildman–Crippen MR) is 95.3 cm³/mol. The molecule has 1 aromatic heterocycles. The van der Waals surface area contributed by atoms with Crippen LogP contribution in [-0.2, 0) is 16.6 Å². The van der Waals surface area contributed by atoms with Crippen LogP contribution in [0.1, 0.15) is 37.1 Å². The Morgan fingerprint density at radius 2 is 2.15 bits per heavy atom. The fourth-order valence-electron chi connectivity index (χ4n) is 4.06. The lowest BCUT2D eigenvalue weighted by atomic mass is 9.69. The number of ether oxygens (including phenoxy) is 1. The number of nitrogens with one attached hydrogen (secondary N) is 1. The van der Waals surface area contributed by atoms with E-state index in [1.165, 1.54) is 0 Å². The third-order valence-electron chi connectivity index (χ3n) is 5.09. The normalized spacial score (nSPS) is 20.8. The Labute approximate surface area is 151 Å². The fourth-order valence-corrected chi connectivity index (χ4v) is 4.06. The first-order chi connectivity index (χ1) is 12.6. The van der Waals surface area contributed by atoms with Crippen molar-refractivity contribution < 1.29 is 9.53 Å². The van der Waals surface area contributed by atoms with Gasteiger partial charge in [0.15, 0.2) is 0 Å². The number of aromatic nitrogens is 2. The van der Waals surface area contributed by atoms with Crippen molar-refractivity contribution in [3.8, 4) is 11.9 Å². The number of hydrogen-bond donors (Lipinski definition) is 2. The number of fused-ring (bicyclic) bond motifs is 4. The van der Waals surface area contributed by atoms with Gasteiger partial charge in [-0.05, 0) is 18.9 Å². The number of hydrogen-bond acceptors (Lipinski definition) is 5. The molecule has 0 saturated carbocycles. The van der Waals surface area contributed by atoms with Crippen molar-refractivity contribution in [2.75, 3.05) is 11.4 Å². The number of amides is 1. The molecule has 4 rings (SSSR count). The lowest BCUT2D eigenvalue weighted by Gasteiger charge is -2.32. The van der Waals surface area contributed by atoms with Crippen molar-refractivity contribution >= 4 is 11.6 Å². The van der Waals surface area contributed by atoms with Gasteiger partial charge in [-0.25, -0.2) is 0 Å². The van der Waals surface area contributed by atoms with Crippen molar-refractivity contribution in [1.29, 1.82) is 5.26 Å². The van der Waals surface area contributed by atoms with Gasteiger partial charge in [-0.2, -0.15) is 5.26 Å². The zero-order chi connectivity index (χ0) is 18.5. The van der Waals surface area contributed by atoms with Gasteiger partial charge in [-0.3, -0.25) is 9.89 Å². The first-order valence-corrected chi connectivity index (χ1v) is 8.68. The molecule has 7 heteroatoms. The second-order valence-electron chi connectivity index (χ2n) is 6.41. The van der Waals surface area contributed by atoms with Crippen molar-refractivity contribution in [3.63, 3.8) is 0 Å². The van der Waals surface area contributed by atoms with Crippen LogP contribution in [0.5, 0.6) is 5.88 Å². The smallest absolute Gasteiger partial charge is 0.247 e. The molecular weight excluding hydrogens is 330 g/mol. The summed E-state index contributed by atoms with van der Waals surface area (Å²) in [5.74, 6) is 0.0104. The van der Waals surface area contributed by atoms with Gasteiger partial charge in [-0.1, -0.05) is 32.0 Å². The number of carbonyl (C=O) groups is 1. The highest BCUT2D eigenvalue weighted by atomic mass is 16.5. The molecule has 3 N–H and O–H groups in total. The topological polar surface area (TPSA) is 108 Å². The van der Waals surface area contributed by atoms with Crippen LogP contribution in [0.15, 0.2) is 35.7 Å². The summed E-state index contributed by atoms with van der Waals surface area (Å²) in [4.78, 5) is 15.5. The summed E-state index contributed by atoms with van der Waals surface area (Å²) in [5, 5.41) is 17.0. The summed E-state index contributed by atoms with van der Waals surface area (Å²) in [7, 11) is 0. The van der Waals surface area contributed by atoms with E-state index in [9.17, 15) is 10.1 Å². The molecule has 1 spiro atoms. The molecule has 2 aliphatic heterocycles. The Bertz CT molecular complexity index is 984. The van der Waals surface area contributed by atoms with Crippen molar-refractivity contribution in [2.24, 2.45) is 5.73 Å². The summed E-state index contributed by atoms with van der Waals surface area (Å²) in [6.07, 6.45) is 1.42.